The molecule has 0 aliphatic carbocycles. The molecule has 0 fully saturated rings. The molecule has 4 rings (SSSR count). The number of alkyl halides is 6. The van der Waals surface area contributed by atoms with Gasteiger partial charge in [0.25, 0.3) is 0 Å². The summed E-state index contributed by atoms with van der Waals surface area (Å²) in [6, 6.07) is 4.90. The number of aromatic nitrogens is 3. The molecule has 0 saturated carbocycles. The van der Waals surface area contributed by atoms with Crippen LogP contribution >= 0.6 is 0 Å². The van der Waals surface area contributed by atoms with Crippen molar-refractivity contribution in [3.8, 4) is 11.1 Å². The predicted molar refractivity (Wildman–Crippen MR) is 137 cm³/mol. The highest BCUT2D eigenvalue weighted by molar-refractivity contribution is 6.09. The summed E-state index contributed by atoms with van der Waals surface area (Å²) < 4.78 is 96.2. The zero-order valence-electron chi connectivity index (χ0n) is 22.4. The molecule has 0 bridgehead atoms. The molecule has 6 nitrogen and oxygen atoms in total. The zero-order valence-corrected chi connectivity index (χ0v) is 22.4. The van der Waals surface area contributed by atoms with Crippen LogP contribution in [0.4, 0.5) is 36.4 Å². The molecular weight excluding hydrogens is 557 g/mol. The van der Waals surface area contributed by atoms with Crippen molar-refractivity contribution in [2.45, 2.75) is 45.5 Å². The number of amides is 1. The zero-order chi connectivity index (χ0) is 30.7. The van der Waals surface area contributed by atoms with E-state index >= 15 is 0 Å². The highest BCUT2D eigenvalue weighted by Gasteiger charge is 2.41. The molecule has 2 aromatic heterocycles. The van der Waals surface area contributed by atoms with E-state index in [2.05, 4.69) is 10.1 Å². The first-order valence-electron chi connectivity index (χ1n) is 12.1. The third-order valence-corrected chi connectivity index (χ3v) is 6.84. The van der Waals surface area contributed by atoms with Crippen LogP contribution in [0.25, 0.3) is 22.2 Å². The van der Waals surface area contributed by atoms with Gasteiger partial charge in [-0.1, -0.05) is 6.07 Å². The Balaban J connectivity index is 1.92. The van der Waals surface area contributed by atoms with Crippen LogP contribution in [0.3, 0.4) is 0 Å². The van der Waals surface area contributed by atoms with Gasteiger partial charge >= 0.3 is 12.4 Å². The Morgan fingerprint density at radius 1 is 0.878 bits per heavy atom. The predicted octanol–water partition coefficient (Wildman–Crippen LogP) is 7.18. The largest absolute Gasteiger partial charge is 0.416 e. The molecule has 2 heterocycles. The Morgan fingerprint density at radius 3 is 1.95 bits per heavy atom. The molecule has 41 heavy (non-hydrogen) atoms. The Bertz CT molecular complexity index is 1660. The monoisotopic (exact) mass is 580 g/mol. The third kappa shape index (κ3) is 5.40. The quantitative estimate of drug-likeness (QED) is 0.240. The fourth-order valence-electron chi connectivity index (χ4n) is 4.61. The molecule has 13 heteroatoms. The van der Waals surface area contributed by atoms with Crippen molar-refractivity contribution in [1.82, 2.24) is 14.8 Å². The van der Waals surface area contributed by atoms with Crippen LogP contribution < -0.4 is 4.90 Å². The molecule has 2 aromatic carbocycles. The summed E-state index contributed by atoms with van der Waals surface area (Å²) in [5, 5.41) is 4.36. The van der Waals surface area contributed by atoms with Gasteiger partial charge < -0.3 is 4.90 Å². The van der Waals surface area contributed by atoms with E-state index in [9.17, 15) is 40.3 Å². The van der Waals surface area contributed by atoms with Gasteiger partial charge in [-0.3, -0.25) is 9.59 Å². The van der Waals surface area contributed by atoms with Crippen LogP contribution in [-0.4, -0.2) is 33.6 Å². The molecule has 0 aliphatic rings. The fraction of sp³-hybridized carbons (Fsp3) is 0.286. The minimum Gasteiger partial charge on any atom is -0.313 e. The van der Waals surface area contributed by atoms with Crippen molar-refractivity contribution in [2.75, 3.05) is 11.9 Å². The van der Waals surface area contributed by atoms with Crippen LogP contribution in [0.15, 0.2) is 48.8 Å². The van der Waals surface area contributed by atoms with Gasteiger partial charge in [-0.15, -0.1) is 0 Å². The average molecular weight is 581 g/mol. The molecule has 0 N–H and O–H groups in total. The number of rotatable bonds is 4. The summed E-state index contributed by atoms with van der Waals surface area (Å²) in [5.41, 5.74) is -4.05. The number of pyridine rings is 1. The van der Waals surface area contributed by atoms with Crippen molar-refractivity contribution in [2.24, 2.45) is 0 Å². The maximum atomic E-state index is 14.0. The van der Waals surface area contributed by atoms with E-state index < -0.39 is 52.1 Å². The second kappa shape index (κ2) is 9.96. The first kappa shape index (κ1) is 29.7. The number of benzene rings is 2. The number of fused-ring (bicyclic) bond motifs is 1. The first-order valence-corrected chi connectivity index (χ1v) is 12.1. The molecule has 0 aliphatic heterocycles. The third-order valence-electron chi connectivity index (χ3n) is 6.84. The van der Waals surface area contributed by atoms with E-state index in [4.69, 9.17) is 0 Å². The number of nitrogens with zero attached hydrogens (tertiary/aromatic N) is 4. The maximum Gasteiger partial charge on any atom is 0.416 e. The topological polar surface area (TPSA) is 68.1 Å². The van der Waals surface area contributed by atoms with E-state index in [1.165, 1.54) is 58.4 Å². The van der Waals surface area contributed by atoms with E-state index in [0.29, 0.717) is 34.2 Å². The van der Waals surface area contributed by atoms with Crippen LogP contribution in [0.5, 0.6) is 0 Å². The smallest absolute Gasteiger partial charge is 0.313 e. The lowest BCUT2D eigenvalue weighted by molar-refractivity contribution is -0.143. The minimum absolute atomic E-state index is 0.00624. The SMILES string of the molecule is CC(=O)n1ncc2c(-c3ccc(F)cc3C)c(N(C)C(=O)C(C)(C)c3cc(C(F)(F)F)cc(C(F)(F)F)c3)cnc21. The van der Waals surface area contributed by atoms with Gasteiger partial charge in [0.05, 0.1) is 34.6 Å². The van der Waals surface area contributed by atoms with Gasteiger partial charge in [0, 0.05) is 24.9 Å². The van der Waals surface area contributed by atoms with Crippen molar-refractivity contribution < 1.29 is 40.3 Å². The summed E-state index contributed by atoms with van der Waals surface area (Å²) >= 11 is 0. The second-order valence-corrected chi connectivity index (χ2v) is 10.1. The molecule has 0 radical (unpaired) electrons. The number of aryl methyl sites for hydroxylation is 1. The average Bonchev–Trinajstić information content (AvgIpc) is 3.31. The number of carbonyl (C=O) groups is 2. The minimum atomic E-state index is -5.10. The number of carbonyl (C=O) groups excluding carboxylic acids is 2. The van der Waals surface area contributed by atoms with Crippen LogP contribution in [0.1, 0.15) is 47.8 Å². The standard InChI is InChI=1S/C28H23F7N4O2/c1-14-8-19(29)6-7-20(14)23-21-12-37-39(15(2)40)24(21)36-13-22(23)38(5)25(41)26(3,4)16-9-17(27(30,31)32)11-18(10-16)28(33,34)35/h6-13H,1-5H3. The molecular formula is C28H23F7N4O2. The van der Waals surface area contributed by atoms with Gasteiger partial charge in [-0.2, -0.15) is 36.1 Å². The fourth-order valence-corrected chi connectivity index (χ4v) is 4.61. The Hall–Kier alpha value is -4.29. The number of likely N-dealkylation sites (N-methyl/N-ethyl adjacent to an activating group) is 1. The molecule has 0 atom stereocenters. The van der Waals surface area contributed by atoms with Crippen molar-refractivity contribution >= 4 is 28.5 Å². The van der Waals surface area contributed by atoms with Crippen molar-refractivity contribution in [1.29, 1.82) is 0 Å². The van der Waals surface area contributed by atoms with Crippen LogP contribution in [0.2, 0.25) is 0 Å². The number of anilines is 1. The molecule has 4 aromatic rings. The van der Waals surface area contributed by atoms with Crippen LogP contribution in [0, 0.1) is 12.7 Å². The number of hydrogen-bond acceptors (Lipinski definition) is 4. The lowest BCUT2D eigenvalue weighted by atomic mass is 9.81. The summed E-state index contributed by atoms with van der Waals surface area (Å²) in [7, 11) is 1.29. The number of halogens is 7. The Kier molecular flexibility index (Phi) is 7.21. The lowest BCUT2D eigenvalue weighted by Gasteiger charge is -2.32. The van der Waals surface area contributed by atoms with E-state index in [1.807, 2.05) is 0 Å². The van der Waals surface area contributed by atoms with Gasteiger partial charge in [0.1, 0.15) is 5.82 Å². The Labute approximate surface area is 229 Å². The first-order chi connectivity index (χ1) is 18.8. The van der Waals surface area contributed by atoms with Gasteiger partial charge in [-0.05, 0) is 67.8 Å². The second-order valence-electron chi connectivity index (χ2n) is 10.1. The van der Waals surface area contributed by atoms with Crippen molar-refractivity contribution in [3.63, 3.8) is 0 Å². The lowest BCUT2D eigenvalue weighted by Crippen LogP contribution is -2.42. The van der Waals surface area contributed by atoms with E-state index in [-0.39, 0.29) is 17.4 Å². The molecule has 216 valence electrons. The molecule has 1 amide bonds. The van der Waals surface area contributed by atoms with Gasteiger partial charge in [0.15, 0.2) is 5.65 Å². The summed E-state index contributed by atoms with van der Waals surface area (Å²) in [5.74, 6) is -1.85. The van der Waals surface area contributed by atoms with E-state index in [1.54, 1.807) is 6.92 Å². The van der Waals surface area contributed by atoms with Gasteiger partial charge in [-0.25, -0.2) is 9.37 Å². The normalized spacial score (nSPS) is 12.6. The molecule has 0 unspecified atom stereocenters. The summed E-state index contributed by atoms with van der Waals surface area (Å²) in [6.45, 7) is 5.29. The van der Waals surface area contributed by atoms with Crippen molar-refractivity contribution in [3.05, 3.63) is 76.9 Å². The van der Waals surface area contributed by atoms with Gasteiger partial charge in [0.2, 0.25) is 11.8 Å². The molecule has 0 spiro atoms. The summed E-state index contributed by atoms with van der Waals surface area (Å²) in [6.07, 6.45) is -7.62. The molecule has 0 saturated heterocycles. The maximum absolute atomic E-state index is 14.0. The highest BCUT2D eigenvalue weighted by atomic mass is 19.4. The highest BCUT2D eigenvalue weighted by Crippen LogP contribution is 2.42. The Morgan fingerprint density at radius 2 is 1.44 bits per heavy atom. The van der Waals surface area contributed by atoms with E-state index in [0.717, 1.165) is 9.58 Å². The number of hydrogen-bond donors (Lipinski definition) is 0. The summed E-state index contributed by atoms with van der Waals surface area (Å²) in [4.78, 5) is 31.3. The van der Waals surface area contributed by atoms with Crippen LogP contribution in [-0.2, 0) is 22.6 Å².